The van der Waals surface area contributed by atoms with Gasteiger partial charge in [0.1, 0.15) is 17.9 Å². The van der Waals surface area contributed by atoms with Crippen molar-refractivity contribution in [3.8, 4) is 5.75 Å². The van der Waals surface area contributed by atoms with Crippen LogP contribution in [0, 0.1) is 0 Å². The summed E-state index contributed by atoms with van der Waals surface area (Å²) in [6.07, 6.45) is 5.13. The lowest BCUT2D eigenvalue weighted by Crippen LogP contribution is -2.34. The van der Waals surface area contributed by atoms with Crippen molar-refractivity contribution in [2.75, 3.05) is 7.11 Å². The van der Waals surface area contributed by atoms with Crippen molar-refractivity contribution in [3.63, 3.8) is 0 Å². The number of aryl methyl sites for hydroxylation is 2. The monoisotopic (exact) mass is 286 g/mol. The molecule has 0 bridgehead atoms. The summed E-state index contributed by atoms with van der Waals surface area (Å²) in [5, 5.41) is 11.8. The van der Waals surface area contributed by atoms with E-state index in [2.05, 4.69) is 45.2 Å². The van der Waals surface area contributed by atoms with Crippen molar-refractivity contribution >= 4 is 0 Å². The third-order valence-corrected chi connectivity index (χ3v) is 4.23. The number of fused-ring (bicyclic) bond motifs is 1. The number of methoxy groups -OCH3 is 1. The number of rotatable bonds is 5. The fourth-order valence-corrected chi connectivity index (χ4v) is 2.95. The van der Waals surface area contributed by atoms with Crippen molar-refractivity contribution in [2.45, 2.75) is 45.3 Å². The van der Waals surface area contributed by atoms with Crippen molar-refractivity contribution in [2.24, 2.45) is 0 Å². The average molecular weight is 286 g/mol. The lowest BCUT2D eigenvalue weighted by atomic mass is 9.88. The predicted molar refractivity (Wildman–Crippen MR) is 81.3 cm³/mol. The molecule has 5 nitrogen and oxygen atoms in total. The van der Waals surface area contributed by atoms with Crippen LogP contribution in [0.1, 0.15) is 30.3 Å². The molecule has 1 heterocycles. The van der Waals surface area contributed by atoms with Gasteiger partial charge in [0.2, 0.25) is 0 Å². The van der Waals surface area contributed by atoms with Crippen LogP contribution in [0.25, 0.3) is 0 Å². The molecule has 0 amide bonds. The van der Waals surface area contributed by atoms with Gasteiger partial charge in [-0.1, -0.05) is 6.07 Å². The van der Waals surface area contributed by atoms with Gasteiger partial charge in [0.25, 0.3) is 0 Å². The number of benzene rings is 1. The molecule has 1 aliphatic carbocycles. The molecule has 1 unspecified atom stereocenters. The number of hydrogen-bond donors (Lipinski definition) is 1. The number of hydrogen-bond acceptors (Lipinski definition) is 4. The van der Waals surface area contributed by atoms with Crippen LogP contribution in [0.2, 0.25) is 0 Å². The Hall–Kier alpha value is -1.88. The Morgan fingerprint density at radius 1 is 1.38 bits per heavy atom. The standard InChI is InChI=1S/C16H22N4O/c1-3-20-11-18-19-16(20)10-17-14-6-4-12-5-7-15(21-2)9-13(12)8-14/h5,7,9,11,14,17H,3-4,6,8,10H2,1-2H3. The zero-order chi connectivity index (χ0) is 14.7. The van der Waals surface area contributed by atoms with E-state index in [4.69, 9.17) is 4.74 Å². The van der Waals surface area contributed by atoms with E-state index in [0.717, 1.165) is 37.5 Å². The smallest absolute Gasteiger partial charge is 0.146 e. The zero-order valence-electron chi connectivity index (χ0n) is 12.7. The van der Waals surface area contributed by atoms with E-state index in [0.29, 0.717) is 6.04 Å². The molecule has 1 aliphatic rings. The largest absolute Gasteiger partial charge is 0.497 e. The number of ether oxygens (including phenoxy) is 1. The molecule has 0 aliphatic heterocycles. The van der Waals surface area contributed by atoms with Gasteiger partial charge in [0.05, 0.1) is 13.7 Å². The first-order chi connectivity index (χ1) is 10.3. The molecule has 2 aromatic rings. The van der Waals surface area contributed by atoms with Crippen molar-refractivity contribution < 1.29 is 4.74 Å². The minimum atomic E-state index is 0.492. The highest BCUT2D eigenvalue weighted by Crippen LogP contribution is 2.25. The second-order valence-electron chi connectivity index (χ2n) is 5.49. The fourth-order valence-electron chi connectivity index (χ4n) is 2.95. The Balaban J connectivity index is 1.63. The van der Waals surface area contributed by atoms with Crippen LogP contribution in [0.4, 0.5) is 0 Å². The summed E-state index contributed by atoms with van der Waals surface area (Å²) in [4.78, 5) is 0. The third-order valence-electron chi connectivity index (χ3n) is 4.23. The minimum Gasteiger partial charge on any atom is -0.497 e. The van der Waals surface area contributed by atoms with Crippen LogP contribution in [-0.2, 0) is 25.9 Å². The molecular formula is C16H22N4O. The third kappa shape index (κ3) is 3.08. The maximum atomic E-state index is 5.32. The van der Waals surface area contributed by atoms with Gasteiger partial charge in [-0.3, -0.25) is 0 Å². The molecule has 3 rings (SSSR count). The van der Waals surface area contributed by atoms with Gasteiger partial charge in [-0.05, 0) is 49.4 Å². The molecular weight excluding hydrogens is 264 g/mol. The molecule has 1 atom stereocenters. The number of nitrogens with one attached hydrogen (secondary N) is 1. The molecule has 21 heavy (non-hydrogen) atoms. The minimum absolute atomic E-state index is 0.492. The van der Waals surface area contributed by atoms with Gasteiger partial charge >= 0.3 is 0 Å². The molecule has 5 heteroatoms. The normalized spacial score (nSPS) is 17.5. The Bertz CT molecular complexity index is 608. The second kappa shape index (κ2) is 6.26. The van der Waals surface area contributed by atoms with Crippen molar-refractivity contribution in [1.29, 1.82) is 0 Å². The van der Waals surface area contributed by atoms with Crippen LogP contribution >= 0.6 is 0 Å². The Kier molecular flexibility index (Phi) is 4.20. The van der Waals surface area contributed by atoms with Crippen LogP contribution in [0.5, 0.6) is 5.75 Å². The lowest BCUT2D eigenvalue weighted by Gasteiger charge is -2.26. The Labute approximate surface area is 125 Å². The summed E-state index contributed by atoms with van der Waals surface area (Å²) in [6, 6.07) is 6.90. The number of nitrogens with zero attached hydrogens (tertiary/aromatic N) is 3. The first-order valence-corrected chi connectivity index (χ1v) is 7.56. The van der Waals surface area contributed by atoms with E-state index in [9.17, 15) is 0 Å². The summed E-state index contributed by atoms with van der Waals surface area (Å²) in [6.45, 7) is 3.79. The summed E-state index contributed by atoms with van der Waals surface area (Å²) in [7, 11) is 1.72. The molecule has 0 spiro atoms. The fraction of sp³-hybridized carbons (Fsp3) is 0.500. The van der Waals surface area contributed by atoms with E-state index in [-0.39, 0.29) is 0 Å². The van der Waals surface area contributed by atoms with E-state index in [1.807, 2.05) is 0 Å². The summed E-state index contributed by atoms with van der Waals surface area (Å²) in [5.74, 6) is 1.95. The van der Waals surface area contributed by atoms with Gasteiger partial charge < -0.3 is 14.6 Å². The van der Waals surface area contributed by atoms with Crippen molar-refractivity contribution in [3.05, 3.63) is 41.5 Å². The first-order valence-electron chi connectivity index (χ1n) is 7.56. The maximum absolute atomic E-state index is 5.32. The highest BCUT2D eigenvalue weighted by Gasteiger charge is 2.19. The van der Waals surface area contributed by atoms with Crippen LogP contribution in [0.15, 0.2) is 24.5 Å². The molecule has 0 saturated carbocycles. The molecule has 1 aromatic heterocycles. The average Bonchev–Trinajstić information content (AvgIpc) is 2.99. The van der Waals surface area contributed by atoms with E-state index < -0.39 is 0 Å². The van der Waals surface area contributed by atoms with Gasteiger partial charge in [-0.25, -0.2) is 0 Å². The topological polar surface area (TPSA) is 52.0 Å². The summed E-state index contributed by atoms with van der Waals surface area (Å²) in [5.41, 5.74) is 2.85. The van der Waals surface area contributed by atoms with Crippen LogP contribution in [0.3, 0.4) is 0 Å². The van der Waals surface area contributed by atoms with Gasteiger partial charge in [0, 0.05) is 12.6 Å². The zero-order valence-corrected chi connectivity index (χ0v) is 12.7. The quantitative estimate of drug-likeness (QED) is 0.913. The molecule has 0 radical (unpaired) electrons. The maximum Gasteiger partial charge on any atom is 0.146 e. The Morgan fingerprint density at radius 2 is 2.29 bits per heavy atom. The lowest BCUT2D eigenvalue weighted by molar-refractivity contribution is 0.410. The molecule has 1 aromatic carbocycles. The van der Waals surface area contributed by atoms with Crippen LogP contribution < -0.4 is 10.1 Å². The molecule has 1 N–H and O–H groups in total. The highest BCUT2D eigenvalue weighted by molar-refractivity contribution is 5.37. The van der Waals surface area contributed by atoms with Gasteiger partial charge in [-0.15, -0.1) is 10.2 Å². The van der Waals surface area contributed by atoms with Gasteiger partial charge in [-0.2, -0.15) is 0 Å². The van der Waals surface area contributed by atoms with E-state index in [1.54, 1.807) is 13.4 Å². The predicted octanol–water partition coefficient (Wildman–Crippen LogP) is 1.95. The molecule has 0 fully saturated rings. The highest BCUT2D eigenvalue weighted by atomic mass is 16.5. The summed E-state index contributed by atoms with van der Waals surface area (Å²) < 4.78 is 7.40. The Morgan fingerprint density at radius 3 is 3.10 bits per heavy atom. The van der Waals surface area contributed by atoms with Crippen LogP contribution in [-0.4, -0.2) is 27.9 Å². The second-order valence-corrected chi connectivity index (χ2v) is 5.49. The van der Waals surface area contributed by atoms with E-state index >= 15 is 0 Å². The first kappa shape index (κ1) is 14.1. The molecule has 112 valence electrons. The van der Waals surface area contributed by atoms with E-state index in [1.165, 1.54) is 17.5 Å². The number of aromatic nitrogens is 3. The molecule has 0 saturated heterocycles. The van der Waals surface area contributed by atoms with Crippen molar-refractivity contribution in [1.82, 2.24) is 20.1 Å². The van der Waals surface area contributed by atoms with Gasteiger partial charge in [0.15, 0.2) is 0 Å². The summed E-state index contributed by atoms with van der Waals surface area (Å²) >= 11 is 0. The SMILES string of the molecule is CCn1cnnc1CNC1CCc2ccc(OC)cc2C1.